The van der Waals surface area contributed by atoms with Crippen LogP contribution in [0.3, 0.4) is 0 Å². The second-order valence-electron chi connectivity index (χ2n) is 6.54. The van der Waals surface area contributed by atoms with Crippen LogP contribution in [-0.2, 0) is 0 Å². The summed E-state index contributed by atoms with van der Waals surface area (Å²) in [6.07, 6.45) is 5.53. The molecule has 1 aliphatic carbocycles. The molecule has 0 nitrogen and oxygen atoms in total. The Morgan fingerprint density at radius 1 is 1.15 bits per heavy atom. The van der Waals surface area contributed by atoms with Gasteiger partial charge in [0, 0.05) is 10.6 Å². The van der Waals surface area contributed by atoms with Crippen molar-refractivity contribution in [2.45, 2.75) is 58.3 Å². The Hall–Kier alpha value is -0.690. The van der Waals surface area contributed by atoms with Gasteiger partial charge < -0.3 is 0 Å². The third kappa shape index (κ3) is 3.69. The van der Waals surface area contributed by atoms with Crippen molar-refractivity contribution in [3.63, 3.8) is 0 Å². The van der Waals surface area contributed by atoms with Gasteiger partial charge in [0.1, 0.15) is 0 Å². The van der Waals surface area contributed by atoms with Crippen molar-refractivity contribution in [3.8, 4) is 0 Å². The minimum absolute atomic E-state index is 0.752. The number of hydrogen-bond acceptors (Lipinski definition) is 1. The van der Waals surface area contributed by atoms with E-state index in [4.69, 9.17) is 0 Å². The van der Waals surface area contributed by atoms with E-state index in [1.165, 1.54) is 58.6 Å². The van der Waals surface area contributed by atoms with E-state index in [9.17, 15) is 0 Å². The molecule has 0 amide bonds. The quantitative estimate of drug-likeness (QED) is 0.477. The van der Waals surface area contributed by atoms with E-state index < -0.39 is 0 Å². The Morgan fingerprint density at radius 2 is 1.75 bits per heavy atom. The van der Waals surface area contributed by atoms with Crippen LogP contribution in [-0.4, -0.2) is 5.75 Å². The van der Waals surface area contributed by atoms with Gasteiger partial charge in [-0.2, -0.15) is 0 Å². The minimum Gasteiger partial charge on any atom is -0.125 e. The molecule has 0 aliphatic heterocycles. The first-order valence-electron chi connectivity index (χ1n) is 7.85. The standard InChI is InChI=1S/C19H28S/c1-13(2)18-9-7-6-8-17(18)12-20-19-15(4)10-14(3)11-16(19)5/h10-11,17-18H,1,6-9,12H2,2-5H3/t17-,18-/m1/s1. The summed E-state index contributed by atoms with van der Waals surface area (Å²) in [5.41, 5.74) is 5.65. The lowest BCUT2D eigenvalue weighted by atomic mass is 9.77. The molecule has 1 fully saturated rings. The second-order valence-corrected chi connectivity index (χ2v) is 7.57. The SMILES string of the molecule is C=C(C)[C@H]1CCCC[C@@H]1CSc1c(C)cc(C)cc1C. The van der Waals surface area contributed by atoms with Gasteiger partial charge in [0.05, 0.1) is 0 Å². The molecule has 0 heterocycles. The number of rotatable bonds is 4. The third-order valence-electron chi connectivity index (χ3n) is 4.59. The molecule has 0 radical (unpaired) electrons. The lowest BCUT2D eigenvalue weighted by Crippen LogP contribution is -2.22. The van der Waals surface area contributed by atoms with Crippen molar-refractivity contribution in [1.82, 2.24) is 0 Å². The van der Waals surface area contributed by atoms with Crippen LogP contribution in [0.5, 0.6) is 0 Å². The average molecular weight is 288 g/mol. The first-order valence-corrected chi connectivity index (χ1v) is 8.83. The Kier molecular flexibility index (Phi) is 5.37. The van der Waals surface area contributed by atoms with Gasteiger partial charge in [0.25, 0.3) is 0 Å². The molecule has 1 aromatic rings. The highest BCUT2D eigenvalue weighted by Gasteiger charge is 2.25. The van der Waals surface area contributed by atoms with Gasteiger partial charge in [-0.1, -0.05) is 42.7 Å². The largest absolute Gasteiger partial charge is 0.125 e. The van der Waals surface area contributed by atoms with Crippen LogP contribution in [0.15, 0.2) is 29.2 Å². The molecule has 1 aliphatic rings. The zero-order valence-corrected chi connectivity index (χ0v) is 14.3. The Bertz CT molecular complexity index is 464. The van der Waals surface area contributed by atoms with Crippen LogP contribution in [0.4, 0.5) is 0 Å². The van der Waals surface area contributed by atoms with Crippen molar-refractivity contribution in [2.24, 2.45) is 11.8 Å². The lowest BCUT2D eigenvalue weighted by Gasteiger charge is -2.32. The van der Waals surface area contributed by atoms with Crippen LogP contribution in [0.1, 0.15) is 49.3 Å². The second kappa shape index (κ2) is 6.85. The summed E-state index contributed by atoms with van der Waals surface area (Å²) in [7, 11) is 0. The van der Waals surface area contributed by atoms with E-state index in [1.54, 1.807) is 0 Å². The van der Waals surface area contributed by atoms with Gasteiger partial charge in [-0.25, -0.2) is 0 Å². The fourth-order valence-electron chi connectivity index (χ4n) is 3.64. The molecule has 20 heavy (non-hydrogen) atoms. The van der Waals surface area contributed by atoms with Gasteiger partial charge in [0.2, 0.25) is 0 Å². The van der Waals surface area contributed by atoms with Crippen molar-refractivity contribution in [3.05, 3.63) is 41.0 Å². The maximum atomic E-state index is 4.22. The fraction of sp³-hybridized carbons (Fsp3) is 0.579. The maximum absolute atomic E-state index is 4.22. The summed E-state index contributed by atoms with van der Waals surface area (Å²) < 4.78 is 0. The van der Waals surface area contributed by atoms with E-state index in [0.29, 0.717) is 0 Å². The van der Waals surface area contributed by atoms with Crippen molar-refractivity contribution in [1.29, 1.82) is 0 Å². The van der Waals surface area contributed by atoms with E-state index in [0.717, 1.165) is 11.8 Å². The van der Waals surface area contributed by atoms with E-state index in [-0.39, 0.29) is 0 Å². The monoisotopic (exact) mass is 288 g/mol. The molecule has 0 N–H and O–H groups in total. The van der Waals surface area contributed by atoms with Crippen molar-refractivity contribution < 1.29 is 0 Å². The molecule has 1 aromatic carbocycles. The highest BCUT2D eigenvalue weighted by atomic mass is 32.2. The molecule has 0 unspecified atom stereocenters. The van der Waals surface area contributed by atoms with Crippen LogP contribution in [0, 0.1) is 32.6 Å². The van der Waals surface area contributed by atoms with Crippen LogP contribution in [0.2, 0.25) is 0 Å². The predicted octanol–water partition coefficient (Wildman–Crippen LogP) is 6.09. The lowest BCUT2D eigenvalue weighted by molar-refractivity contribution is 0.299. The average Bonchev–Trinajstić information content (AvgIpc) is 2.37. The molecular formula is C19H28S. The molecule has 1 heteroatoms. The molecule has 2 atom stereocenters. The van der Waals surface area contributed by atoms with Crippen LogP contribution < -0.4 is 0 Å². The summed E-state index contributed by atoms with van der Waals surface area (Å²) >= 11 is 2.07. The Labute approximate surface area is 129 Å². The summed E-state index contributed by atoms with van der Waals surface area (Å²) in [6.45, 7) is 13.1. The normalized spacial score (nSPS) is 22.8. The molecule has 0 aromatic heterocycles. The van der Waals surface area contributed by atoms with E-state index in [2.05, 4.69) is 58.2 Å². The Morgan fingerprint density at radius 3 is 2.35 bits per heavy atom. The number of hydrogen-bond donors (Lipinski definition) is 0. The maximum Gasteiger partial charge on any atom is 0.0131 e. The number of thioether (sulfide) groups is 1. The van der Waals surface area contributed by atoms with Crippen molar-refractivity contribution >= 4 is 11.8 Å². The minimum atomic E-state index is 0.752. The first-order chi connectivity index (χ1) is 9.49. The molecule has 0 bridgehead atoms. The topological polar surface area (TPSA) is 0 Å². The molecule has 2 rings (SSSR count). The number of allylic oxidation sites excluding steroid dienone is 1. The molecular weight excluding hydrogens is 260 g/mol. The van der Waals surface area contributed by atoms with Crippen molar-refractivity contribution in [2.75, 3.05) is 5.75 Å². The predicted molar refractivity (Wildman–Crippen MR) is 91.6 cm³/mol. The Balaban J connectivity index is 2.06. The number of aryl methyl sites for hydroxylation is 3. The summed E-state index contributed by atoms with van der Waals surface area (Å²) in [5.74, 6) is 2.83. The van der Waals surface area contributed by atoms with Gasteiger partial charge in [0.15, 0.2) is 0 Å². The van der Waals surface area contributed by atoms with Gasteiger partial charge >= 0.3 is 0 Å². The number of benzene rings is 1. The van der Waals surface area contributed by atoms with E-state index >= 15 is 0 Å². The van der Waals surface area contributed by atoms with Crippen LogP contribution >= 0.6 is 11.8 Å². The summed E-state index contributed by atoms with van der Waals surface area (Å²) in [5, 5.41) is 0. The molecule has 0 spiro atoms. The zero-order chi connectivity index (χ0) is 14.7. The molecule has 0 saturated heterocycles. The van der Waals surface area contributed by atoms with Gasteiger partial charge in [-0.05, 0) is 63.5 Å². The summed E-state index contributed by atoms with van der Waals surface area (Å²) in [6, 6.07) is 4.62. The summed E-state index contributed by atoms with van der Waals surface area (Å²) in [4.78, 5) is 1.50. The zero-order valence-electron chi connectivity index (χ0n) is 13.5. The van der Waals surface area contributed by atoms with Gasteiger partial charge in [-0.3, -0.25) is 0 Å². The van der Waals surface area contributed by atoms with E-state index in [1.807, 2.05) is 0 Å². The van der Waals surface area contributed by atoms with Crippen LogP contribution in [0.25, 0.3) is 0 Å². The third-order valence-corrected chi connectivity index (χ3v) is 6.12. The smallest absolute Gasteiger partial charge is 0.0131 e. The molecule has 1 saturated carbocycles. The highest BCUT2D eigenvalue weighted by Crippen LogP contribution is 2.39. The highest BCUT2D eigenvalue weighted by molar-refractivity contribution is 7.99. The fourth-order valence-corrected chi connectivity index (χ4v) is 4.99. The van der Waals surface area contributed by atoms with Gasteiger partial charge in [-0.15, -0.1) is 11.8 Å². The first kappa shape index (κ1) is 15.7. The molecule has 110 valence electrons.